The van der Waals surface area contributed by atoms with Crippen LogP contribution in [0.4, 0.5) is 0 Å². The third-order valence-electron chi connectivity index (χ3n) is 2.71. The fraction of sp³-hybridized carbons (Fsp3) is 0.286. The number of nitrogens with zero attached hydrogens (tertiary/aromatic N) is 2. The molecule has 2 aromatic rings. The van der Waals surface area contributed by atoms with E-state index in [4.69, 9.17) is 9.84 Å². The van der Waals surface area contributed by atoms with Crippen LogP contribution in [-0.2, 0) is 6.54 Å². The van der Waals surface area contributed by atoms with Crippen molar-refractivity contribution in [3.8, 4) is 11.5 Å². The van der Waals surface area contributed by atoms with E-state index in [1.807, 2.05) is 17.8 Å². The standard InChI is InChI=1S/C14H16N2O3/c1-3-6-16-9-12(8-15-16)19-13-5-4-11(14(17)18)7-10(13)2/h4-5,7-9H,3,6H2,1-2H3,(H,17,18). The molecule has 1 aromatic heterocycles. The summed E-state index contributed by atoms with van der Waals surface area (Å²) in [4.78, 5) is 10.8. The van der Waals surface area contributed by atoms with E-state index in [1.54, 1.807) is 18.3 Å². The predicted octanol–water partition coefficient (Wildman–Crippen LogP) is 3.09. The summed E-state index contributed by atoms with van der Waals surface area (Å²) in [5, 5.41) is 13.1. The summed E-state index contributed by atoms with van der Waals surface area (Å²) in [5.41, 5.74) is 1.04. The van der Waals surface area contributed by atoms with E-state index in [2.05, 4.69) is 12.0 Å². The number of ether oxygens (including phenoxy) is 1. The number of aryl methyl sites for hydroxylation is 2. The molecule has 0 saturated heterocycles. The third kappa shape index (κ3) is 3.13. The Morgan fingerprint density at radius 3 is 2.89 bits per heavy atom. The number of carboxylic acid groups (broad SMARTS) is 1. The number of carbonyl (C=O) groups is 1. The van der Waals surface area contributed by atoms with E-state index in [1.165, 1.54) is 6.07 Å². The van der Waals surface area contributed by atoms with Crippen LogP contribution in [0.1, 0.15) is 29.3 Å². The van der Waals surface area contributed by atoms with Crippen molar-refractivity contribution in [2.45, 2.75) is 26.8 Å². The molecule has 2 rings (SSSR count). The van der Waals surface area contributed by atoms with Gasteiger partial charge in [-0.15, -0.1) is 0 Å². The van der Waals surface area contributed by atoms with Gasteiger partial charge >= 0.3 is 5.97 Å². The van der Waals surface area contributed by atoms with Crippen molar-refractivity contribution in [3.63, 3.8) is 0 Å². The van der Waals surface area contributed by atoms with E-state index < -0.39 is 5.97 Å². The summed E-state index contributed by atoms with van der Waals surface area (Å²) in [7, 11) is 0. The number of aromatic nitrogens is 2. The van der Waals surface area contributed by atoms with Gasteiger partial charge in [0, 0.05) is 6.54 Å². The number of rotatable bonds is 5. The zero-order valence-electron chi connectivity index (χ0n) is 11.0. The van der Waals surface area contributed by atoms with Gasteiger partial charge in [0.15, 0.2) is 5.75 Å². The second kappa shape index (κ2) is 5.56. The van der Waals surface area contributed by atoms with Gasteiger partial charge in [0.05, 0.1) is 18.0 Å². The summed E-state index contributed by atoms with van der Waals surface area (Å²) < 4.78 is 7.51. The Morgan fingerprint density at radius 1 is 1.47 bits per heavy atom. The van der Waals surface area contributed by atoms with Crippen LogP contribution in [0.5, 0.6) is 11.5 Å². The Labute approximate surface area is 111 Å². The minimum absolute atomic E-state index is 0.256. The molecule has 1 N–H and O–H groups in total. The first kappa shape index (κ1) is 13.1. The van der Waals surface area contributed by atoms with Crippen LogP contribution < -0.4 is 4.74 Å². The van der Waals surface area contributed by atoms with Crippen LogP contribution >= 0.6 is 0 Å². The van der Waals surface area contributed by atoms with Crippen molar-refractivity contribution in [1.29, 1.82) is 0 Å². The van der Waals surface area contributed by atoms with Crippen molar-refractivity contribution >= 4 is 5.97 Å². The first-order valence-corrected chi connectivity index (χ1v) is 6.14. The Hall–Kier alpha value is -2.30. The lowest BCUT2D eigenvalue weighted by Crippen LogP contribution is -1.97. The quantitative estimate of drug-likeness (QED) is 0.897. The van der Waals surface area contributed by atoms with E-state index in [-0.39, 0.29) is 5.56 Å². The van der Waals surface area contributed by atoms with Crippen LogP contribution in [0.15, 0.2) is 30.6 Å². The molecule has 0 atom stereocenters. The smallest absolute Gasteiger partial charge is 0.335 e. The van der Waals surface area contributed by atoms with Crippen LogP contribution in [0, 0.1) is 6.92 Å². The molecule has 100 valence electrons. The summed E-state index contributed by atoms with van der Waals surface area (Å²) in [6, 6.07) is 4.78. The zero-order chi connectivity index (χ0) is 13.8. The predicted molar refractivity (Wildman–Crippen MR) is 70.7 cm³/mol. The molecule has 1 aromatic carbocycles. The second-order valence-electron chi connectivity index (χ2n) is 4.33. The minimum atomic E-state index is -0.939. The van der Waals surface area contributed by atoms with Gasteiger partial charge in [0.2, 0.25) is 0 Å². The Morgan fingerprint density at radius 2 is 2.26 bits per heavy atom. The summed E-state index contributed by atoms with van der Waals surface area (Å²) in [5.74, 6) is 0.353. The highest BCUT2D eigenvalue weighted by Gasteiger charge is 2.08. The van der Waals surface area contributed by atoms with Crippen molar-refractivity contribution in [2.24, 2.45) is 0 Å². The van der Waals surface area contributed by atoms with Gasteiger partial charge in [-0.3, -0.25) is 4.68 Å². The van der Waals surface area contributed by atoms with Gasteiger partial charge in [0.1, 0.15) is 5.75 Å². The van der Waals surface area contributed by atoms with Gasteiger partial charge in [-0.05, 0) is 37.1 Å². The molecule has 5 nitrogen and oxygen atoms in total. The molecule has 0 aliphatic rings. The van der Waals surface area contributed by atoms with Crippen LogP contribution in [0.2, 0.25) is 0 Å². The molecular weight excluding hydrogens is 244 g/mol. The summed E-state index contributed by atoms with van der Waals surface area (Å²) >= 11 is 0. The number of hydrogen-bond acceptors (Lipinski definition) is 3. The zero-order valence-corrected chi connectivity index (χ0v) is 11.0. The van der Waals surface area contributed by atoms with Crippen molar-refractivity contribution in [1.82, 2.24) is 9.78 Å². The van der Waals surface area contributed by atoms with E-state index >= 15 is 0 Å². The number of benzene rings is 1. The van der Waals surface area contributed by atoms with Crippen molar-refractivity contribution < 1.29 is 14.6 Å². The third-order valence-corrected chi connectivity index (χ3v) is 2.71. The van der Waals surface area contributed by atoms with Gasteiger partial charge in [-0.2, -0.15) is 5.10 Å². The van der Waals surface area contributed by atoms with Crippen LogP contribution in [-0.4, -0.2) is 20.9 Å². The Bertz CT molecular complexity index is 590. The van der Waals surface area contributed by atoms with Crippen molar-refractivity contribution in [3.05, 3.63) is 41.7 Å². The monoisotopic (exact) mass is 260 g/mol. The maximum Gasteiger partial charge on any atom is 0.335 e. The highest BCUT2D eigenvalue weighted by molar-refractivity contribution is 5.88. The number of hydrogen-bond donors (Lipinski definition) is 1. The lowest BCUT2D eigenvalue weighted by atomic mass is 10.1. The molecule has 19 heavy (non-hydrogen) atoms. The van der Waals surface area contributed by atoms with E-state index in [0.29, 0.717) is 11.5 Å². The molecule has 0 saturated carbocycles. The molecule has 0 fully saturated rings. The maximum atomic E-state index is 10.8. The SMILES string of the molecule is CCCn1cc(Oc2ccc(C(=O)O)cc2C)cn1. The first-order chi connectivity index (χ1) is 9.10. The molecule has 0 spiro atoms. The normalized spacial score (nSPS) is 10.4. The topological polar surface area (TPSA) is 64.3 Å². The average molecular weight is 260 g/mol. The largest absolute Gasteiger partial charge is 0.478 e. The Kier molecular flexibility index (Phi) is 3.85. The maximum absolute atomic E-state index is 10.8. The highest BCUT2D eigenvalue weighted by Crippen LogP contribution is 2.25. The van der Waals surface area contributed by atoms with Crippen molar-refractivity contribution in [2.75, 3.05) is 0 Å². The minimum Gasteiger partial charge on any atom is -0.478 e. The molecule has 5 heteroatoms. The molecular formula is C14H16N2O3. The van der Waals surface area contributed by atoms with Gasteiger partial charge in [-0.25, -0.2) is 4.79 Å². The molecule has 0 aliphatic carbocycles. The highest BCUT2D eigenvalue weighted by atomic mass is 16.5. The number of aromatic carboxylic acids is 1. The molecule has 0 amide bonds. The average Bonchev–Trinajstić information content (AvgIpc) is 2.79. The Balaban J connectivity index is 2.16. The molecule has 0 bridgehead atoms. The lowest BCUT2D eigenvalue weighted by molar-refractivity contribution is 0.0697. The molecule has 0 aliphatic heterocycles. The second-order valence-corrected chi connectivity index (χ2v) is 4.33. The fourth-order valence-corrected chi connectivity index (χ4v) is 1.77. The fourth-order valence-electron chi connectivity index (χ4n) is 1.77. The number of carboxylic acids is 1. The molecule has 0 unspecified atom stereocenters. The summed E-state index contributed by atoms with van der Waals surface area (Å²) in [6.07, 6.45) is 4.49. The summed E-state index contributed by atoms with van der Waals surface area (Å²) in [6.45, 7) is 4.75. The van der Waals surface area contributed by atoms with E-state index in [0.717, 1.165) is 18.5 Å². The lowest BCUT2D eigenvalue weighted by Gasteiger charge is -2.07. The van der Waals surface area contributed by atoms with Gasteiger partial charge in [-0.1, -0.05) is 6.92 Å². The van der Waals surface area contributed by atoms with Crippen LogP contribution in [0.3, 0.4) is 0 Å². The molecule has 1 heterocycles. The molecule has 0 radical (unpaired) electrons. The van der Waals surface area contributed by atoms with Gasteiger partial charge < -0.3 is 9.84 Å². The first-order valence-electron chi connectivity index (χ1n) is 6.14. The van der Waals surface area contributed by atoms with Gasteiger partial charge in [0.25, 0.3) is 0 Å². The van der Waals surface area contributed by atoms with Crippen LogP contribution in [0.25, 0.3) is 0 Å². The van der Waals surface area contributed by atoms with E-state index in [9.17, 15) is 4.79 Å².